The molecule has 1 amide bonds. The molecule has 0 unspecified atom stereocenters. The fourth-order valence-electron chi connectivity index (χ4n) is 3.13. The van der Waals surface area contributed by atoms with Crippen LogP contribution in [0.5, 0.6) is 23.1 Å². The number of aryl methyl sites for hydroxylation is 2. The van der Waals surface area contributed by atoms with E-state index in [0.29, 0.717) is 34.6 Å². The number of nitrogens with zero attached hydrogens (tertiary/aromatic N) is 4. The maximum atomic E-state index is 12.2. The maximum absolute atomic E-state index is 12.2. The van der Waals surface area contributed by atoms with E-state index in [0.717, 1.165) is 11.4 Å². The second-order valence-corrected chi connectivity index (χ2v) is 7.20. The highest BCUT2D eigenvalue weighted by Gasteiger charge is 2.09. The molecular weight excluding hydrogens is 422 g/mol. The smallest absolute Gasteiger partial charge is 0.262 e. The molecule has 0 aliphatic heterocycles. The first-order chi connectivity index (χ1) is 16.0. The molecule has 0 aliphatic rings. The van der Waals surface area contributed by atoms with Gasteiger partial charge < -0.3 is 19.5 Å². The molecule has 4 rings (SSSR count). The van der Waals surface area contributed by atoms with Gasteiger partial charge in [-0.3, -0.25) is 4.79 Å². The highest BCUT2D eigenvalue weighted by atomic mass is 16.5. The van der Waals surface area contributed by atoms with Crippen molar-refractivity contribution >= 4 is 11.6 Å². The summed E-state index contributed by atoms with van der Waals surface area (Å²) in [6.45, 7) is 3.76. The normalized spacial score (nSPS) is 10.5. The van der Waals surface area contributed by atoms with Crippen molar-refractivity contribution in [3.63, 3.8) is 0 Å². The van der Waals surface area contributed by atoms with E-state index >= 15 is 0 Å². The number of benzene rings is 2. The van der Waals surface area contributed by atoms with E-state index in [1.54, 1.807) is 66.4 Å². The first-order valence-electron chi connectivity index (χ1n) is 10.2. The molecule has 0 atom stereocenters. The van der Waals surface area contributed by atoms with Crippen LogP contribution in [0.1, 0.15) is 11.4 Å². The zero-order chi connectivity index (χ0) is 23.2. The summed E-state index contributed by atoms with van der Waals surface area (Å²) in [6, 6.07) is 17.7. The molecule has 4 aromatic rings. The number of hydrogen-bond donors (Lipinski definition) is 1. The maximum Gasteiger partial charge on any atom is 0.262 e. The molecule has 2 heterocycles. The van der Waals surface area contributed by atoms with Gasteiger partial charge in [0.25, 0.3) is 5.91 Å². The van der Waals surface area contributed by atoms with Crippen molar-refractivity contribution in [2.45, 2.75) is 13.8 Å². The van der Waals surface area contributed by atoms with Gasteiger partial charge in [-0.2, -0.15) is 5.10 Å². The van der Waals surface area contributed by atoms with Gasteiger partial charge in [0.05, 0.1) is 12.8 Å². The summed E-state index contributed by atoms with van der Waals surface area (Å²) in [5.41, 5.74) is 2.49. The molecule has 0 aliphatic carbocycles. The number of hydrogen-bond acceptors (Lipinski definition) is 7. The van der Waals surface area contributed by atoms with Crippen molar-refractivity contribution in [3.8, 4) is 28.9 Å². The standard InChI is InChI=1S/C24H23N5O4/c1-16-11-17(2)29(28-16)22-13-24(26-15-25-22)33-19-9-7-18(8-10-19)27-23(30)14-32-21-6-4-5-20(12-21)31-3/h4-13,15H,14H2,1-3H3,(H,27,30). The largest absolute Gasteiger partial charge is 0.497 e. The van der Waals surface area contributed by atoms with Gasteiger partial charge >= 0.3 is 0 Å². The predicted molar refractivity (Wildman–Crippen MR) is 122 cm³/mol. The van der Waals surface area contributed by atoms with E-state index < -0.39 is 0 Å². The third-order valence-electron chi connectivity index (χ3n) is 4.63. The number of anilines is 1. The van der Waals surface area contributed by atoms with Crippen LogP contribution < -0.4 is 19.5 Å². The molecule has 2 aromatic carbocycles. The minimum absolute atomic E-state index is 0.124. The SMILES string of the molecule is COc1cccc(OCC(=O)Nc2ccc(Oc3cc(-n4nc(C)cc4C)ncn3)cc2)c1. The number of carbonyl (C=O) groups excluding carboxylic acids is 1. The summed E-state index contributed by atoms with van der Waals surface area (Å²) < 4.78 is 18.2. The van der Waals surface area contributed by atoms with Crippen LogP contribution in [0.2, 0.25) is 0 Å². The third-order valence-corrected chi connectivity index (χ3v) is 4.63. The second-order valence-electron chi connectivity index (χ2n) is 7.20. The van der Waals surface area contributed by atoms with E-state index in [4.69, 9.17) is 14.2 Å². The third kappa shape index (κ3) is 5.65. The Labute approximate surface area is 191 Å². The monoisotopic (exact) mass is 445 g/mol. The van der Waals surface area contributed by atoms with Gasteiger partial charge in [0.15, 0.2) is 12.4 Å². The van der Waals surface area contributed by atoms with Crippen LogP contribution in [0.3, 0.4) is 0 Å². The average Bonchev–Trinajstić information content (AvgIpc) is 3.17. The van der Waals surface area contributed by atoms with Crippen molar-refractivity contribution in [2.24, 2.45) is 0 Å². The molecule has 0 fully saturated rings. The van der Waals surface area contributed by atoms with Crippen molar-refractivity contribution < 1.29 is 19.0 Å². The molecule has 168 valence electrons. The van der Waals surface area contributed by atoms with Crippen LogP contribution in [0.25, 0.3) is 5.82 Å². The molecule has 0 saturated heterocycles. The van der Waals surface area contributed by atoms with Gasteiger partial charge in [0.1, 0.15) is 23.6 Å². The Kier molecular flexibility index (Phi) is 6.49. The lowest BCUT2D eigenvalue weighted by Crippen LogP contribution is -2.20. The van der Waals surface area contributed by atoms with E-state index in [1.807, 2.05) is 19.9 Å². The molecule has 33 heavy (non-hydrogen) atoms. The fourth-order valence-corrected chi connectivity index (χ4v) is 3.13. The van der Waals surface area contributed by atoms with E-state index in [9.17, 15) is 4.79 Å². The van der Waals surface area contributed by atoms with Gasteiger partial charge in [0, 0.05) is 23.5 Å². The quantitative estimate of drug-likeness (QED) is 0.436. The molecule has 1 N–H and O–H groups in total. The zero-order valence-corrected chi connectivity index (χ0v) is 18.5. The lowest BCUT2D eigenvalue weighted by atomic mass is 10.3. The highest BCUT2D eigenvalue weighted by molar-refractivity contribution is 5.91. The summed E-state index contributed by atoms with van der Waals surface area (Å²) in [5.74, 6) is 2.50. The Balaban J connectivity index is 1.34. The minimum atomic E-state index is -0.281. The topological polar surface area (TPSA) is 100 Å². The van der Waals surface area contributed by atoms with E-state index in [2.05, 4.69) is 20.4 Å². The molecule has 0 bridgehead atoms. The number of ether oxygens (including phenoxy) is 3. The zero-order valence-electron chi connectivity index (χ0n) is 18.5. The van der Waals surface area contributed by atoms with Crippen molar-refractivity contribution in [3.05, 3.63) is 78.4 Å². The molecule has 0 spiro atoms. The molecule has 0 saturated carbocycles. The van der Waals surface area contributed by atoms with Crippen molar-refractivity contribution in [1.82, 2.24) is 19.7 Å². The lowest BCUT2D eigenvalue weighted by Gasteiger charge is -2.10. The molecule has 9 nitrogen and oxygen atoms in total. The van der Waals surface area contributed by atoms with Crippen molar-refractivity contribution in [2.75, 3.05) is 19.0 Å². The van der Waals surface area contributed by atoms with Crippen LogP contribution in [0.4, 0.5) is 5.69 Å². The van der Waals surface area contributed by atoms with Crippen LogP contribution in [0, 0.1) is 13.8 Å². The van der Waals surface area contributed by atoms with Gasteiger partial charge in [-0.1, -0.05) is 6.07 Å². The Hall–Kier alpha value is -4.40. The van der Waals surface area contributed by atoms with E-state index in [-0.39, 0.29) is 12.5 Å². The summed E-state index contributed by atoms with van der Waals surface area (Å²) in [5, 5.41) is 7.21. The lowest BCUT2D eigenvalue weighted by molar-refractivity contribution is -0.118. The Bertz CT molecular complexity index is 1250. The van der Waals surface area contributed by atoms with Gasteiger partial charge in [-0.05, 0) is 56.3 Å². The number of rotatable bonds is 8. The summed E-state index contributed by atoms with van der Waals surface area (Å²) in [4.78, 5) is 20.6. The number of carbonyl (C=O) groups is 1. The summed E-state index contributed by atoms with van der Waals surface area (Å²) >= 11 is 0. The fraction of sp³-hybridized carbons (Fsp3) is 0.167. The Morgan fingerprint density at radius 3 is 2.48 bits per heavy atom. The molecule has 0 radical (unpaired) electrons. The molecule has 2 aromatic heterocycles. The van der Waals surface area contributed by atoms with Crippen LogP contribution >= 0.6 is 0 Å². The number of methoxy groups -OCH3 is 1. The molecule has 9 heteroatoms. The van der Waals surface area contributed by atoms with Crippen molar-refractivity contribution in [1.29, 1.82) is 0 Å². The Morgan fingerprint density at radius 1 is 0.970 bits per heavy atom. The predicted octanol–water partition coefficient (Wildman–Crippen LogP) is 4.10. The Morgan fingerprint density at radius 2 is 1.76 bits per heavy atom. The average molecular weight is 445 g/mol. The summed E-state index contributed by atoms with van der Waals surface area (Å²) in [7, 11) is 1.57. The number of aromatic nitrogens is 4. The van der Waals surface area contributed by atoms with Crippen LogP contribution in [-0.2, 0) is 4.79 Å². The number of amides is 1. The van der Waals surface area contributed by atoms with Gasteiger partial charge in [0.2, 0.25) is 5.88 Å². The highest BCUT2D eigenvalue weighted by Crippen LogP contribution is 2.23. The number of nitrogens with one attached hydrogen (secondary N) is 1. The molecular formula is C24H23N5O4. The van der Waals surface area contributed by atoms with E-state index in [1.165, 1.54) is 6.33 Å². The van der Waals surface area contributed by atoms with Crippen LogP contribution in [0.15, 0.2) is 67.0 Å². The minimum Gasteiger partial charge on any atom is -0.497 e. The second kappa shape index (κ2) is 9.82. The van der Waals surface area contributed by atoms with Crippen LogP contribution in [-0.4, -0.2) is 39.4 Å². The first kappa shape index (κ1) is 21.8. The summed E-state index contributed by atoms with van der Waals surface area (Å²) in [6.07, 6.45) is 1.43. The van der Waals surface area contributed by atoms with Gasteiger partial charge in [-0.15, -0.1) is 0 Å². The first-order valence-corrected chi connectivity index (χ1v) is 10.2. The van der Waals surface area contributed by atoms with Gasteiger partial charge in [-0.25, -0.2) is 14.6 Å².